The Balaban J connectivity index is 2.12. The Morgan fingerprint density at radius 1 is 1.35 bits per heavy atom. The summed E-state index contributed by atoms with van der Waals surface area (Å²) in [5.74, 6) is 0.862. The lowest BCUT2D eigenvalue weighted by molar-refractivity contribution is 0.414. The fraction of sp³-hybridized carbons (Fsp3) is 0.400. The predicted octanol–water partition coefficient (Wildman–Crippen LogP) is 3.20. The van der Waals surface area contributed by atoms with Gasteiger partial charge in [0.05, 0.1) is 19.3 Å². The number of benzene rings is 1. The summed E-state index contributed by atoms with van der Waals surface area (Å²) in [5.41, 5.74) is 2.35. The lowest BCUT2D eigenvalue weighted by Gasteiger charge is -2.11. The van der Waals surface area contributed by atoms with Crippen LogP contribution in [0.2, 0.25) is 0 Å². The average molecular weight is 338 g/mol. The van der Waals surface area contributed by atoms with E-state index in [-0.39, 0.29) is 0 Å². The maximum absolute atomic E-state index is 5.28. The van der Waals surface area contributed by atoms with E-state index in [1.165, 1.54) is 5.69 Å². The number of nitrogens with one attached hydrogen (secondary N) is 1. The summed E-state index contributed by atoms with van der Waals surface area (Å²) in [7, 11) is 1.68. The molecular formula is C15H20BrN3O. The molecule has 0 amide bonds. The van der Waals surface area contributed by atoms with Crippen molar-refractivity contribution in [3.8, 4) is 5.75 Å². The number of methoxy groups -OCH3 is 1. The minimum absolute atomic E-state index is 0.730. The lowest BCUT2D eigenvalue weighted by atomic mass is 10.2. The number of nitrogens with zero attached hydrogens (tertiary/aromatic N) is 2. The van der Waals surface area contributed by atoms with Crippen LogP contribution in [0, 0.1) is 0 Å². The summed E-state index contributed by atoms with van der Waals surface area (Å²) >= 11 is 3.58. The van der Waals surface area contributed by atoms with Crippen LogP contribution in [0.15, 0.2) is 34.9 Å². The summed E-state index contributed by atoms with van der Waals surface area (Å²) in [4.78, 5) is 0. The highest BCUT2D eigenvalue weighted by Crippen LogP contribution is 2.23. The van der Waals surface area contributed by atoms with Crippen molar-refractivity contribution < 1.29 is 4.74 Å². The summed E-state index contributed by atoms with van der Waals surface area (Å²) < 4.78 is 8.36. The van der Waals surface area contributed by atoms with Gasteiger partial charge in [-0.2, -0.15) is 5.10 Å². The molecule has 5 heteroatoms. The third-order valence-corrected chi connectivity index (χ3v) is 3.88. The van der Waals surface area contributed by atoms with Crippen LogP contribution in [0.4, 0.5) is 0 Å². The van der Waals surface area contributed by atoms with Crippen molar-refractivity contribution in [1.82, 2.24) is 15.1 Å². The predicted molar refractivity (Wildman–Crippen MR) is 84.0 cm³/mol. The summed E-state index contributed by atoms with van der Waals surface area (Å²) in [5, 5.41) is 7.81. The molecule has 0 fully saturated rings. The van der Waals surface area contributed by atoms with Crippen LogP contribution in [0.5, 0.6) is 5.75 Å². The Bertz CT molecular complexity index is 554. The van der Waals surface area contributed by atoms with Crippen molar-refractivity contribution in [2.75, 3.05) is 13.7 Å². The van der Waals surface area contributed by atoms with Gasteiger partial charge in [0.1, 0.15) is 5.75 Å². The fourth-order valence-corrected chi connectivity index (χ4v) is 2.38. The number of ether oxygens (including phenoxy) is 1. The van der Waals surface area contributed by atoms with Crippen molar-refractivity contribution in [3.05, 3.63) is 46.2 Å². The largest absolute Gasteiger partial charge is 0.497 e. The van der Waals surface area contributed by atoms with Crippen molar-refractivity contribution in [2.45, 2.75) is 26.4 Å². The molecule has 0 atom stereocenters. The SMILES string of the molecule is CCCNCc1ccnn1Cc1cc(OC)ccc1Br. The van der Waals surface area contributed by atoms with Gasteiger partial charge in [0.25, 0.3) is 0 Å². The standard InChI is InChI=1S/C15H20BrN3O/c1-3-7-17-10-13-6-8-18-19(13)11-12-9-14(20-2)4-5-15(12)16/h4-6,8-9,17H,3,7,10-11H2,1-2H3. The van der Waals surface area contributed by atoms with E-state index in [0.717, 1.165) is 41.8 Å². The molecule has 0 saturated heterocycles. The first-order valence-electron chi connectivity index (χ1n) is 6.78. The van der Waals surface area contributed by atoms with Crippen LogP contribution in [0.3, 0.4) is 0 Å². The molecule has 4 nitrogen and oxygen atoms in total. The topological polar surface area (TPSA) is 39.1 Å². The number of rotatable bonds is 7. The molecule has 108 valence electrons. The van der Waals surface area contributed by atoms with Crippen LogP contribution >= 0.6 is 15.9 Å². The van der Waals surface area contributed by atoms with Crippen LogP contribution in [-0.2, 0) is 13.1 Å². The van der Waals surface area contributed by atoms with Crippen LogP contribution in [0.1, 0.15) is 24.6 Å². The number of hydrogen-bond donors (Lipinski definition) is 1. The normalized spacial score (nSPS) is 10.8. The zero-order valence-electron chi connectivity index (χ0n) is 11.9. The van der Waals surface area contributed by atoms with Crippen molar-refractivity contribution in [2.24, 2.45) is 0 Å². The van der Waals surface area contributed by atoms with Gasteiger partial charge in [-0.15, -0.1) is 0 Å². The molecule has 0 saturated carbocycles. The van der Waals surface area contributed by atoms with Gasteiger partial charge in [0.2, 0.25) is 0 Å². The van der Waals surface area contributed by atoms with Crippen molar-refractivity contribution in [3.63, 3.8) is 0 Å². The van der Waals surface area contributed by atoms with E-state index in [0.29, 0.717) is 0 Å². The molecule has 2 rings (SSSR count). The molecule has 20 heavy (non-hydrogen) atoms. The first-order valence-corrected chi connectivity index (χ1v) is 7.57. The Hall–Kier alpha value is -1.33. The van der Waals surface area contributed by atoms with Gasteiger partial charge in [-0.05, 0) is 42.8 Å². The van der Waals surface area contributed by atoms with E-state index >= 15 is 0 Å². The van der Waals surface area contributed by atoms with E-state index in [1.54, 1.807) is 7.11 Å². The molecule has 2 aromatic rings. The van der Waals surface area contributed by atoms with Crippen molar-refractivity contribution >= 4 is 15.9 Å². The van der Waals surface area contributed by atoms with Gasteiger partial charge in [0.15, 0.2) is 0 Å². The first kappa shape index (κ1) is 15.1. The Morgan fingerprint density at radius 2 is 2.20 bits per heavy atom. The van der Waals surface area contributed by atoms with Crippen molar-refractivity contribution in [1.29, 1.82) is 0 Å². The maximum atomic E-state index is 5.28. The Labute approximate surface area is 128 Å². The van der Waals surface area contributed by atoms with E-state index in [2.05, 4.69) is 39.3 Å². The maximum Gasteiger partial charge on any atom is 0.119 e. The molecule has 0 radical (unpaired) electrons. The van der Waals surface area contributed by atoms with Gasteiger partial charge >= 0.3 is 0 Å². The molecule has 1 heterocycles. The molecule has 1 N–H and O–H groups in total. The molecule has 0 bridgehead atoms. The van der Waals surface area contributed by atoms with Gasteiger partial charge in [-0.25, -0.2) is 0 Å². The molecule has 0 spiro atoms. The first-order chi connectivity index (χ1) is 9.74. The second-order valence-electron chi connectivity index (χ2n) is 4.61. The van der Waals surface area contributed by atoms with Gasteiger partial charge in [0, 0.05) is 17.2 Å². The smallest absolute Gasteiger partial charge is 0.119 e. The van der Waals surface area contributed by atoms with Crippen LogP contribution in [0.25, 0.3) is 0 Å². The number of aromatic nitrogens is 2. The Kier molecular flexibility index (Phi) is 5.61. The second-order valence-corrected chi connectivity index (χ2v) is 5.47. The highest BCUT2D eigenvalue weighted by molar-refractivity contribution is 9.10. The van der Waals surface area contributed by atoms with Gasteiger partial charge in [-0.3, -0.25) is 4.68 Å². The third kappa shape index (κ3) is 3.84. The molecular weight excluding hydrogens is 318 g/mol. The highest BCUT2D eigenvalue weighted by atomic mass is 79.9. The molecule has 1 aromatic heterocycles. The van der Waals surface area contributed by atoms with E-state index in [4.69, 9.17) is 4.74 Å². The van der Waals surface area contributed by atoms with Crippen LogP contribution < -0.4 is 10.1 Å². The second kappa shape index (κ2) is 7.45. The van der Waals surface area contributed by atoms with Crippen LogP contribution in [-0.4, -0.2) is 23.4 Å². The quantitative estimate of drug-likeness (QED) is 0.788. The summed E-state index contributed by atoms with van der Waals surface area (Å²) in [6, 6.07) is 8.04. The molecule has 0 aliphatic heterocycles. The summed E-state index contributed by atoms with van der Waals surface area (Å²) in [6.07, 6.45) is 2.98. The zero-order valence-corrected chi connectivity index (χ0v) is 13.5. The highest BCUT2D eigenvalue weighted by Gasteiger charge is 2.07. The van der Waals surface area contributed by atoms with Gasteiger partial charge < -0.3 is 10.1 Å². The zero-order chi connectivity index (χ0) is 14.4. The molecule has 0 aliphatic rings. The minimum Gasteiger partial charge on any atom is -0.497 e. The Morgan fingerprint density at radius 3 is 2.95 bits per heavy atom. The molecule has 1 aromatic carbocycles. The fourth-order valence-electron chi connectivity index (χ4n) is 2.01. The third-order valence-electron chi connectivity index (χ3n) is 3.11. The average Bonchev–Trinajstić information content (AvgIpc) is 2.89. The summed E-state index contributed by atoms with van der Waals surface area (Å²) in [6.45, 7) is 4.76. The number of halogens is 1. The van der Waals surface area contributed by atoms with Gasteiger partial charge in [-0.1, -0.05) is 22.9 Å². The van der Waals surface area contributed by atoms with E-state index in [9.17, 15) is 0 Å². The number of hydrogen-bond acceptors (Lipinski definition) is 3. The van der Waals surface area contributed by atoms with E-state index < -0.39 is 0 Å². The minimum atomic E-state index is 0.730. The monoisotopic (exact) mass is 337 g/mol. The lowest BCUT2D eigenvalue weighted by Crippen LogP contribution is -2.17. The molecule has 0 unspecified atom stereocenters. The molecule has 0 aliphatic carbocycles. The van der Waals surface area contributed by atoms with E-state index in [1.807, 2.05) is 29.1 Å².